The molecule has 108 valence electrons. The SMILES string of the molecule is C#Cc1nc(C(=O)NCc2ccc(-c3cn[nH]c3)cc2)cs1. The number of amides is 1. The Labute approximate surface area is 131 Å². The Hall–Kier alpha value is -2.91. The molecule has 3 rings (SSSR count). The zero-order valence-corrected chi connectivity index (χ0v) is 12.4. The monoisotopic (exact) mass is 308 g/mol. The maximum atomic E-state index is 12.0. The van der Waals surface area contributed by atoms with Crippen LogP contribution in [0.2, 0.25) is 0 Å². The lowest BCUT2D eigenvalue weighted by Crippen LogP contribution is -2.23. The molecule has 0 aliphatic carbocycles. The van der Waals surface area contributed by atoms with E-state index in [1.165, 1.54) is 11.3 Å². The van der Waals surface area contributed by atoms with Crippen molar-refractivity contribution in [2.75, 3.05) is 0 Å². The minimum Gasteiger partial charge on any atom is -0.347 e. The number of carbonyl (C=O) groups is 1. The van der Waals surface area contributed by atoms with E-state index in [4.69, 9.17) is 6.42 Å². The van der Waals surface area contributed by atoms with Crippen LogP contribution in [0.5, 0.6) is 0 Å². The van der Waals surface area contributed by atoms with Crippen molar-refractivity contribution in [1.29, 1.82) is 0 Å². The third kappa shape index (κ3) is 3.05. The summed E-state index contributed by atoms with van der Waals surface area (Å²) < 4.78 is 0. The molecular weight excluding hydrogens is 296 g/mol. The molecule has 0 spiro atoms. The molecule has 2 aromatic heterocycles. The molecular formula is C16H12N4OS. The maximum Gasteiger partial charge on any atom is 0.271 e. The van der Waals surface area contributed by atoms with E-state index >= 15 is 0 Å². The van der Waals surface area contributed by atoms with Gasteiger partial charge in [-0.1, -0.05) is 24.3 Å². The number of aromatic amines is 1. The first-order valence-electron chi connectivity index (χ1n) is 6.54. The average molecular weight is 308 g/mol. The highest BCUT2D eigenvalue weighted by atomic mass is 32.1. The quantitative estimate of drug-likeness (QED) is 0.727. The number of hydrogen-bond acceptors (Lipinski definition) is 4. The number of H-pyrrole nitrogens is 1. The van der Waals surface area contributed by atoms with Gasteiger partial charge in [-0.3, -0.25) is 9.89 Å². The topological polar surface area (TPSA) is 70.7 Å². The van der Waals surface area contributed by atoms with Gasteiger partial charge >= 0.3 is 0 Å². The summed E-state index contributed by atoms with van der Waals surface area (Å²) >= 11 is 1.28. The van der Waals surface area contributed by atoms with Crippen molar-refractivity contribution in [3.05, 3.63) is 58.3 Å². The normalized spacial score (nSPS) is 10.1. The molecule has 22 heavy (non-hydrogen) atoms. The predicted molar refractivity (Wildman–Crippen MR) is 85.2 cm³/mol. The van der Waals surface area contributed by atoms with Crippen LogP contribution in [0.3, 0.4) is 0 Å². The summed E-state index contributed by atoms with van der Waals surface area (Å²) in [5, 5.41) is 11.7. The van der Waals surface area contributed by atoms with Gasteiger partial charge in [-0.2, -0.15) is 5.10 Å². The molecule has 2 heterocycles. The van der Waals surface area contributed by atoms with Crippen LogP contribution in [0.25, 0.3) is 11.1 Å². The van der Waals surface area contributed by atoms with Gasteiger partial charge in [0.25, 0.3) is 5.91 Å². The van der Waals surface area contributed by atoms with Gasteiger partial charge in [0.2, 0.25) is 0 Å². The van der Waals surface area contributed by atoms with E-state index in [9.17, 15) is 4.79 Å². The molecule has 0 saturated heterocycles. The predicted octanol–water partition coefficient (Wildman–Crippen LogP) is 2.44. The Kier molecular flexibility index (Phi) is 3.99. The molecule has 0 atom stereocenters. The van der Waals surface area contributed by atoms with Gasteiger partial charge in [0.05, 0.1) is 6.20 Å². The molecule has 0 aliphatic heterocycles. The maximum absolute atomic E-state index is 12.0. The van der Waals surface area contributed by atoms with Crippen LogP contribution in [0.1, 0.15) is 21.1 Å². The average Bonchev–Trinajstić information content (AvgIpc) is 3.24. The molecule has 0 saturated carbocycles. The van der Waals surface area contributed by atoms with Gasteiger partial charge in [0.15, 0.2) is 5.01 Å². The molecule has 6 heteroatoms. The lowest BCUT2D eigenvalue weighted by molar-refractivity contribution is 0.0946. The minimum absolute atomic E-state index is 0.225. The highest BCUT2D eigenvalue weighted by Gasteiger charge is 2.09. The van der Waals surface area contributed by atoms with E-state index in [1.54, 1.807) is 11.6 Å². The smallest absolute Gasteiger partial charge is 0.271 e. The standard InChI is InChI=1S/C16H12N4OS/c1-2-15-20-14(10-22-15)16(21)17-7-11-3-5-12(6-4-11)13-8-18-19-9-13/h1,3-6,8-10H,7H2,(H,17,21)(H,18,19). The summed E-state index contributed by atoms with van der Waals surface area (Å²) in [6.45, 7) is 0.438. The number of nitrogens with zero attached hydrogens (tertiary/aromatic N) is 2. The summed E-state index contributed by atoms with van der Waals surface area (Å²) in [6, 6.07) is 7.92. The molecule has 0 unspecified atom stereocenters. The third-order valence-corrected chi connectivity index (χ3v) is 3.87. The van der Waals surface area contributed by atoms with E-state index < -0.39 is 0 Å². The number of rotatable bonds is 4. The van der Waals surface area contributed by atoms with Crippen LogP contribution in [0.4, 0.5) is 0 Å². The van der Waals surface area contributed by atoms with Crippen molar-refractivity contribution < 1.29 is 4.79 Å². The highest BCUT2D eigenvalue weighted by Crippen LogP contribution is 2.18. The number of carbonyl (C=O) groups excluding carboxylic acids is 1. The number of benzene rings is 1. The van der Waals surface area contributed by atoms with Gasteiger partial charge < -0.3 is 5.32 Å². The number of thiazole rings is 1. The van der Waals surface area contributed by atoms with E-state index in [0.29, 0.717) is 17.2 Å². The summed E-state index contributed by atoms with van der Waals surface area (Å²) in [5.41, 5.74) is 3.46. The Morgan fingerprint density at radius 3 is 2.77 bits per heavy atom. The van der Waals surface area contributed by atoms with E-state index in [0.717, 1.165) is 16.7 Å². The molecule has 0 aliphatic rings. The van der Waals surface area contributed by atoms with Crippen molar-refractivity contribution in [3.63, 3.8) is 0 Å². The van der Waals surface area contributed by atoms with Gasteiger partial charge in [0.1, 0.15) is 5.69 Å². The van der Waals surface area contributed by atoms with Crippen molar-refractivity contribution in [1.82, 2.24) is 20.5 Å². The van der Waals surface area contributed by atoms with E-state index in [2.05, 4.69) is 26.4 Å². The molecule has 1 amide bonds. The van der Waals surface area contributed by atoms with E-state index in [-0.39, 0.29) is 5.91 Å². The van der Waals surface area contributed by atoms with Crippen LogP contribution in [0, 0.1) is 12.3 Å². The second kappa shape index (κ2) is 6.24. The van der Waals surface area contributed by atoms with Gasteiger partial charge in [-0.25, -0.2) is 4.98 Å². The molecule has 0 radical (unpaired) electrons. The van der Waals surface area contributed by atoms with Gasteiger partial charge in [0, 0.05) is 23.7 Å². The Morgan fingerprint density at radius 2 is 2.14 bits per heavy atom. The summed E-state index contributed by atoms with van der Waals surface area (Å²) in [6.07, 6.45) is 8.84. The fraction of sp³-hybridized carbons (Fsp3) is 0.0625. The van der Waals surface area contributed by atoms with Crippen molar-refractivity contribution >= 4 is 17.2 Å². The molecule has 3 aromatic rings. The summed E-state index contributed by atoms with van der Waals surface area (Å²) in [7, 11) is 0. The van der Waals surface area contributed by atoms with Crippen LogP contribution >= 0.6 is 11.3 Å². The van der Waals surface area contributed by atoms with Crippen LogP contribution in [-0.2, 0) is 6.54 Å². The molecule has 0 bridgehead atoms. The highest BCUT2D eigenvalue weighted by molar-refractivity contribution is 7.10. The summed E-state index contributed by atoms with van der Waals surface area (Å²) in [4.78, 5) is 16.0. The Balaban J connectivity index is 1.62. The second-order valence-corrected chi connectivity index (χ2v) is 5.41. The first kappa shape index (κ1) is 14.0. The lowest BCUT2D eigenvalue weighted by Gasteiger charge is -2.04. The Bertz CT molecular complexity index is 813. The molecule has 0 fully saturated rings. The first-order chi connectivity index (χ1) is 10.8. The van der Waals surface area contributed by atoms with Gasteiger partial charge in [-0.05, 0) is 17.0 Å². The van der Waals surface area contributed by atoms with Crippen LogP contribution in [-0.4, -0.2) is 21.1 Å². The van der Waals surface area contributed by atoms with Crippen molar-refractivity contribution in [2.24, 2.45) is 0 Å². The number of nitrogens with one attached hydrogen (secondary N) is 2. The second-order valence-electron chi connectivity index (χ2n) is 4.55. The first-order valence-corrected chi connectivity index (χ1v) is 7.42. The summed E-state index contributed by atoms with van der Waals surface area (Å²) in [5.74, 6) is 2.19. The van der Waals surface area contributed by atoms with Crippen LogP contribution in [0.15, 0.2) is 42.0 Å². The lowest BCUT2D eigenvalue weighted by atomic mass is 10.1. The number of aromatic nitrogens is 3. The fourth-order valence-corrected chi connectivity index (χ4v) is 2.54. The zero-order chi connectivity index (χ0) is 15.4. The van der Waals surface area contributed by atoms with E-state index in [1.807, 2.05) is 30.5 Å². The zero-order valence-electron chi connectivity index (χ0n) is 11.5. The molecule has 5 nitrogen and oxygen atoms in total. The minimum atomic E-state index is -0.225. The number of hydrogen-bond donors (Lipinski definition) is 2. The molecule has 2 N–H and O–H groups in total. The Morgan fingerprint density at radius 1 is 1.32 bits per heavy atom. The van der Waals surface area contributed by atoms with Crippen molar-refractivity contribution in [3.8, 4) is 23.5 Å². The largest absolute Gasteiger partial charge is 0.347 e. The van der Waals surface area contributed by atoms with Crippen molar-refractivity contribution in [2.45, 2.75) is 6.54 Å². The molecule has 1 aromatic carbocycles. The number of terminal acetylenes is 1. The fourth-order valence-electron chi connectivity index (χ4n) is 1.94. The van der Waals surface area contributed by atoms with Gasteiger partial charge in [-0.15, -0.1) is 17.8 Å². The van der Waals surface area contributed by atoms with Crippen LogP contribution < -0.4 is 5.32 Å². The third-order valence-electron chi connectivity index (χ3n) is 3.10.